The van der Waals surface area contributed by atoms with E-state index in [1.807, 2.05) is 23.1 Å². The van der Waals surface area contributed by atoms with Gasteiger partial charge in [0.05, 0.1) is 12.7 Å². The number of imide groups is 1. The Labute approximate surface area is 139 Å². The Bertz CT molecular complexity index is 868. The molecule has 5 heteroatoms. The maximum atomic E-state index is 12.4. The second-order valence-electron chi connectivity index (χ2n) is 5.77. The molecule has 2 amide bonds. The monoisotopic (exact) mass is 320 g/mol. The van der Waals surface area contributed by atoms with Gasteiger partial charge in [0, 0.05) is 12.2 Å². The summed E-state index contributed by atoms with van der Waals surface area (Å²) in [5.74, 6) is 0.00391. The number of nitrogens with one attached hydrogen (secondary N) is 1. The summed E-state index contributed by atoms with van der Waals surface area (Å²) in [7, 11) is 1.59. The highest BCUT2D eigenvalue weighted by Crippen LogP contribution is 2.36. The average molecular weight is 320 g/mol. The van der Waals surface area contributed by atoms with E-state index in [1.54, 1.807) is 31.4 Å². The largest absolute Gasteiger partial charge is 0.497 e. The molecule has 2 aromatic rings. The van der Waals surface area contributed by atoms with E-state index in [-0.39, 0.29) is 11.8 Å². The molecule has 2 heterocycles. The Morgan fingerprint density at radius 1 is 1.00 bits per heavy atom. The topological polar surface area (TPSA) is 58.6 Å². The number of hydrogen-bond acceptors (Lipinski definition) is 4. The summed E-state index contributed by atoms with van der Waals surface area (Å²) in [5.41, 5.74) is 3.72. The van der Waals surface area contributed by atoms with Crippen LogP contribution in [0.15, 0.2) is 54.2 Å². The van der Waals surface area contributed by atoms with Gasteiger partial charge in [-0.3, -0.25) is 14.9 Å². The number of carbonyl (C=O) groups excluding carboxylic acids is 2. The minimum absolute atomic E-state index is 0.345. The van der Waals surface area contributed by atoms with Crippen molar-refractivity contribution < 1.29 is 14.3 Å². The number of carbonyl (C=O) groups is 2. The summed E-state index contributed by atoms with van der Waals surface area (Å²) in [6.07, 6.45) is 0.858. The fourth-order valence-electron chi connectivity index (χ4n) is 3.30. The number of methoxy groups -OCH3 is 1. The van der Waals surface area contributed by atoms with Gasteiger partial charge in [-0.2, -0.15) is 0 Å². The van der Waals surface area contributed by atoms with Crippen molar-refractivity contribution in [2.75, 3.05) is 18.6 Å². The third-order valence-electron chi connectivity index (χ3n) is 4.44. The molecule has 0 atom stereocenters. The second kappa shape index (κ2) is 5.53. The Hall–Kier alpha value is -3.08. The molecule has 0 aliphatic carbocycles. The molecule has 5 nitrogen and oxygen atoms in total. The Kier molecular flexibility index (Phi) is 3.34. The lowest BCUT2D eigenvalue weighted by molar-refractivity contribution is -0.123. The number of para-hydroxylation sites is 1. The Morgan fingerprint density at radius 2 is 1.75 bits per heavy atom. The molecule has 2 aromatic carbocycles. The normalized spacial score (nSPS) is 16.5. The zero-order chi connectivity index (χ0) is 16.7. The molecule has 0 saturated heterocycles. The van der Waals surface area contributed by atoms with Gasteiger partial charge in [-0.15, -0.1) is 0 Å². The molecule has 0 radical (unpaired) electrons. The summed E-state index contributed by atoms with van der Waals surface area (Å²) in [6.45, 7) is 0.690. The van der Waals surface area contributed by atoms with Crippen LogP contribution < -0.4 is 15.0 Å². The third-order valence-corrected chi connectivity index (χ3v) is 4.44. The maximum absolute atomic E-state index is 12.4. The van der Waals surface area contributed by atoms with E-state index >= 15 is 0 Å². The molecule has 2 aliphatic rings. The molecule has 0 saturated carbocycles. The fourth-order valence-corrected chi connectivity index (χ4v) is 3.30. The standard InChI is InChI=1S/C19H16N2O3/c1-24-14-8-6-13(7-9-14)16-17(19(23)20-18(16)22)21-11-10-12-4-2-3-5-15(12)21/h2-9H,10-11H2,1H3,(H,20,22,23). The first-order valence-corrected chi connectivity index (χ1v) is 7.79. The van der Waals surface area contributed by atoms with E-state index in [4.69, 9.17) is 4.74 Å². The van der Waals surface area contributed by atoms with E-state index in [1.165, 1.54) is 5.56 Å². The van der Waals surface area contributed by atoms with Gasteiger partial charge < -0.3 is 9.64 Å². The molecule has 0 fully saturated rings. The summed E-state index contributed by atoms with van der Waals surface area (Å²) < 4.78 is 5.16. The van der Waals surface area contributed by atoms with Crippen LogP contribution in [0.5, 0.6) is 5.75 Å². The van der Waals surface area contributed by atoms with Crippen molar-refractivity contribution in [3.8, 4) is 5.75 Å². The van der Waals surface area contributed by atoms with Gasteiger partial charge in [-0.05, 0) is 35.7 Å². The van der Waals surface area contributed by atoms with Gasteiger partial charge in [-0.25, -0.2) is 0 Å². The van der Waals surface area contributed by atoms with Gasteiger partial charge in [0.1, 0.15) is 11.4 Å². The van der Waals surface area contributed by atoms with Crippen LogP contribution in [0.1, 0.15) is 11.1 Å². The smallest absolute Gasteiger partial charge is 0.275 e. The molecule has 24 heavy (non-hydrogen) atoms. The number of benzene rings is 2. The van der Waals surface area contributed by atoms with Crippen LogP contribution in [-0.2, 0) is 16.0 Å². The first-order chi connectivity index (χ1) is 11.7. The highest BCUT2D eigenvalue weighted by atomic mass is 16.5. The van der Waals surface area contributed by atoms with E-state index in [0.717, 1.165) is 12.1 Å². The van der Waals surface area contributed by atoms with E-state index < -0.39 is 0 Å². The summed E-state index contributed by atoms with van der Waals surface area (Å²) >= 11 is 0. The van der Waals surface area contributed by atoms with Crippen LogP contribution in [0.2, 0.25) is 0 Å². The van der Waals surface area contributed by atoms with Crippen LogP contribution in [-0.4, -0.2) is 25.5 Å². The lowest BCUT2D eigenvalue weighted by atomic mass is 10.0. The van der Waals surface area contributed by atoms with Crippen molar-refractivity contribution in [3.05, 3.63) is 65.4 Å². The molecular weight excluding hydrogens is 304 g/mol. The number of fused-ring (bicyclic) bond motifs is 1. The number of hydrogen-bond donors (Lipinski definition) is 1. The zero-order valence-corrected chi connectivity index (χ0v) is 13.2. The van der Waals surface area contributed by atoms with Gasteiger partial charge in [-0.1, -0.05) is 30.3 Å². The van der Waals surface area contributed by atoms with Crippen molar-refractivity contribution in [3.63, 3.8) is 0 Å². The number of anilines is 1. The lowest BCUT2D eigenvalue weighted by Crippen LogP contribution is -2.29. The average Bonchev–Trinajstić information content (AvgIpc) is 3.15. The first kappa shape index (κ1) is 14.5. The highest BCUT2D eigenvalue weighted by molar-refractivity contribution is 6.37. The van der Waals surface area contributed by atoms with Crippen molar-refractivity contribution in [1.82, 2.24) is 5.32 Å². The van der Waals surface area contributed by atoms with Crippen molar-refractivity contribution in [1.29, 1.82) is 0 Å². The molecule has 0 aromatic heterocycles. The number of rotatable bonds is 3. The van der Waals surface area contributed by atoms with Crippen LogP contribution in [0, 0.1) is 0 Å². The van der Waals surface area contributed by atoms with Gasteiger partial charge >= 0.3 is 0 Å². The van der Waals surface area contributed by atoms with Crippen molar-refractivity contribution in [2.45, 2.75) is 6.42 Å². The van der Waals surface area contributed by atoms with Crippen molar-refractivity contribution in [2.24, 2.45) is 0 Å². The molecule has 0 spiro atoms. The van der Waals surface area contributed by atoms with Crippen LogP contribution in [0.4, 0.5) is 5.69 Å². The molecule has 1 N–H and O–H groups in total. The second-order valence-corrected chi connectivity index (χ2v) is 5.77. The first-order valence-electron chi connectivity index (χ1n) is 7.79. The van der Waals surface area contributed by atoms with Crippen LogP contribution >= 0.6 is 0 Å². The van der Waals surface area contributed by atoms with Gasteiger partial charge in [0.2, 0.25) is 0 Å². The molecule has 0 unspecified atom stereocenters. The Balaban J connectivity index is 1.84. The summed E-state index contributed by atoms with van der Waals surface area (Å²) in [6, 6.07) is 15.1. The summed E-state index contributed by atoms with van der Waals surface area (Å²) in [5, 5.41) is 2.43. The number of nitrogens with zero attached hydrogens (tertiary/aromatic N) is 1. The molecule has 0 bridgehead atoms. The molecule has 2 aliphatic heterocycles. The highest BCUT2D eigenvalue weighted by Gasteiger charge is 2.37. The van der Waals surface area contributed by atoms with Crippen molar-refractivity contribution >= 4 is 23.1 Å². The minimum Gasteiger partial charge on any atom is -0.497 e. The van der Waals surface area contributed by atoms with E-state index in [9.17, 15) is 9.59 Å². The van der Waals surface area contributed by atoms with E-state index in [0.29, 0.717) is 29.1 Å². The van der Waals surface area contributed by atoms with Crippen LogP contribution in [0.3, 0.4) is 0 Å². The van der Waals surface area contributed by atoms with Gasteiger partial charge in [0.25, 0.3) is 11.8 Å². The predicted octanol–water partition coefficient (Wildman–Crippen LogP) is 2.13. The Morgan fingerprint density at radius 3 is 2.50 bits per heavy atom. The number of ether oxygens (including phenoxy) is 1. The molecule has 120 valence electrons. The fraction of sp³-hybridized carbons (Fsp3) is 0.158. The summed E-state index contributed by atoms with van der Waals surface area (Å²) in [4.78, 5) is 26.7. The van der Waals surface area contributed by atoms with E-state index in [2.05, 4.69) is 11.4 Å². The van der Waals surface area contributed by atoms with Crippen LogP contribution in [0.25, 0.3) is 5.57 Å². The third kappa shape index (κ3) is 2.17. The molecule has 4 rings (SSSR count). The zero-order valence-electron chi connectivity index (χ0n) is 13.2. The predicted molar refractivity (Wildman–Crippen MR) is 90.6 cm³/mol. The minimum atomic E-state index is -0.357. The van der Waals surface area contributed by atoms with Gasteiger partial charge in [0.15, 0.2) is 0 Å². The quantitative estimate of drug-likeness (QED) is 0.880. The molecular formula is C19H16N2O3. The SMILES string of the molecule is COc1ccc(C2=C(N3CCc4ccccc43)C(=O)NC2=O)cc1. The maximum Gasteiger partial charge on any atom is 0.275 e. The lowest BCUT2D eigenvalue weighted by Gasteiger charge is -2.20. The number of amides is 2.